The highest BCUT2D eigenvalue weighted by Crippen LogP contribution is 2.39. The molecule has 0 radical (unpaired) electrons. The van der Waals surface area contributed by atoms with E-state index in [1.165, 1.54) is 22.5 Å². The predicted octanol–water partition coefficient (Wildman–Crippen LogP) is 4.45. The second-order valence-electron chi connectivity index (χ2n) is 12.9. The molecule has 0 saturated carbocycles. The van der Waals surface area contributed by atoms with Crippen LogP contribution in [-0.2, 0) is 30.7 Å². The van der Waals surface area contributed by atoms with Gasteiger partial charge in [0.05, 0.1) is 25.1 Å². The fourth-order valence-electron chi connectivity index (χ4n) is 7.40. The number of halogens is 3. The molecule has 10 nitrogen and oxygen atoms in total. The Kier molecular flexibility index (Phi) is 11.1. The quantitative estimate of drug-likeness (QED) is 0.358. The molecule has 3 saturated heterocycles. The Hall–Kier alpha value is -3.20. The topological polar surface area (TPSA) is 126 Å². The van der Waals surface area contributed by atoms with E-state index in [0.717, 1.165) is 19.6 Å². The van der Waals surface area contributed by atoms with Gasteiger partial charge in [-0.25, -0.2) is 26.4 Å². The fourth-order valence-corrected chi connectivity index (χ4v) is 9.20. The lowest BCUT2D eigenvalue weighted by molar-refractivity contribution is -0.120. The van der Waals surface area contributed by atoms with Crippen molar-refractivity contribution in [2.75, 3.05) is 31.3 Å². The maximum absolute atomic E-state index is 15.4. The summed E-state index contributed by atoms with van der Waals surface area (Å²) in [6.07, 6.45) is 1.32. The van der Waals surface area contributed by atoms with Crippen LogP contribution in [0.3, 0.4) is 0 Å². The van der Waals surface area contributed by atoms with Crippen molar-refractivity contribution >= 4 is 27.7 Å². The first kappa shape index (κ1) is 35.1. The summed E-state index contributed by atoms with van der Waals surface area (Å²) in [6, 6.07) is 6.16. The lowest BCUT2D eigenvalue weighted by Crippen LogP contribution is -2.57. The van der Waals surface area contributed by atoms with Crippen LogP contribution in [0.15, 0.2) is 36.4 Å². The van der Waals surface area contributed by atoms with E-state index in [4.69, 9.17) is 9.47 Å². The van der Waals surface area contributed by atoms with Gasteiger partial charge in [0.25, 0.3) is 0 Å². The molecule has 3 N–H and O–H groups in total. The van der Waals surface area contributed by atoms with Crippen LogP contribution in [0.2, 0.25) is 0 Å². The molecule has 2 unspecified atom stereocenters. The number of ether oxygens (including phenoxy) is 2. The van der Waals surface area contributed by atoms with Crippen molar-refractivity contribution in [3.8, 4) is 0 Å². The minimum Gasteiger partial charge on any atom is -0.453 e. The van der Waals surface area contributed by atoms with Crippen LogP contribution in [0.4, 0.5) is 23.7 Å². The standard InChI is InChI=1S/C33H43F3N4O6S/c1-19-15-22(16-20(2)46-19)29(21-6-8-23(34)9-7-21)31(39-33(42)45-3)32(41)38-28-13-12-27(35)30(36)26(28)11-10-25-17-37-24-5-4-14-47(43,44)40(25)18-24/h6-9,12-13,19-20,22,24-25,29,31,37H,4-5,10-11,14-18H2,1-3H3,(H,38,41)(H,39,42)/t19-,20+,22?,24-,25+,29+,31+/m1/s1. The normalized spacial score (nSPS) is 28.4. The Bertz CT molecular complexity index is 1540. The highest BCUT2D eigenvalue weighted by atomic mass is 32.2. The lowest BCUT2D eigenvalue weighted by Gasteiger charge is -2.40. The number of methoxy groups -OCH3 is 1. The van der Waals surface area contributed by atoms with E-state index >= 15 is 4.39 Å². The predicted molar refractivity (Wildman–Crippen MR) is 170 cm³/mol. The van der Waals surface area contributed by atoms with E-state index < -0.39 is 57.5 Å². The van der Waals surface area contributed by atoms with Gasteiger partial charge in [0.2, 0.25) is 15.9 Å². The van der Waals surface area contributed by atoms with E-state index in [1.54, 1.807) is 12.1 Å². The highest BCUT2D eigenvalue weighted by Gasteiger charge is 2.41. The van der Waals surface area contributed by atoms with E-state index in [2.05, 4.69) is 16.0 Å². The molecule has 3 aliphatic heterocycles. The van der Waals surface area contributed by atoms with E-state index in [9.17, 15) is 26.8 Å². The summed E-state index contributed by atoms with van der Waals surface area (Å²) in [6.45, 7) is 4.52. The largest absolute Gasteiger partial charge is 0.453 e. The first-order valence-corrected chi connectivity index (χ1v) is 17.7. The smallest absolute Gasteiger partial charge is 0.407 e. The van der Waals surface area contributed by atoms with E-state index in [0.29, 0.717) is 37.9 Å². The van der Waals surface area contributed by atoms with Crippen LogP contribution in [0.1, 0.15) is 63.0 Å². The second kappa shape index (κ2) is 14.9. The molecule has 258 valence electrons. The molecule has 2 amide bonds. The Labute approximate surface area is 273 Å². The third-order valence-electron chi connectivity index (χ3n) is 9.54. The van der Waals surface area contributed by atoms with Crippen molar-refractivity contribution in [1.29, 1.82) is 0 Å². The van der Waals surface area contributed by atoms with Gasteiger partial charge in [-0.1, -0.05) is 12.1 Å². The van der Waals surface area contributed by atoms with Gasteiger partial charge in [-0.15, -0.1) is 0 Å². The molecule has 3 fully saturated rings. The summed E-state index contributed by atoms with van der Waals surface area (Å²) in [5.74, 6) is -4.25. The summed E-state index contributed by atoms with van der Waals surface area (Å²) in [5, 5.41) is 8.72. The molecule has 2 aromatic rings. The Balaban J connectivity index is 1.45. The lowest BCUT2D eigenvalue weighted by atomic mass is 9.74. The molecule has 5 rings (SSSR count). The minimum atomic E-state index is -3.50. The van der Waals surface area contributed by atoms with Gasteiger partial charge < -0.3 is 25.4 Å². The van der Waals surface area contributed by atoms with Crippen molar-refractivity contribution in [3.05, 3.63) is 65.0 Å². The Morgan fingerprint density at radius 2 is 1.79 bits per heavy atom. The van der Waals surface area contributed by atoms with Gasteiger partial charge in [0.1, 0.15) is 11.9 Å². The maximum Gasteiger partial charge on any atom is 0.407 e. The molecular formula is C33H43F3N4O6S. The molecule has 8 atom stereocenters. The number of amides is 2. The van der Waals surface area contributed by atoms with Crippen LogP contribution in [0.25, 0.3) is 0 Å². The summed E-state index contributed by atoms with van der Waals surface area (Å²) in [4.78, 5) is 26.8. The fraction of sp³-hybridized carbons (Fsp3) is 0.576. The third-order valence-corrected chi connectivity index (χ3v) is 11.5. The number of carbonyl (C=O) groups excluding carboxylic acids is 2. The molecule has 0 spiro atoms. The molecule has 3 aliphatic rings. The number of hydrogen-bond acceptors (Lipinski definition) is 7. The number of piperazine rings is 1. The first-order chi connectivity index (χ1) is 22.4. The number of rotatable bonds is 9. The van der Waals surface area contributed by atoms with Gasteiger partial charge in [-0.3, -0.25) is 4.79 Å². The number of hydrogen-bond donors (Lipinski definition) is 3. The van der Waals surface area contributed by atoms with Gasteiger partial charge >= 0.3 is 6.09 Å². The number of sulfonamides is 1. The van der Waals surface area contributed by atoms with Crippen LogP contribution in [0, 0.1) is 23.4 Å². The van der Waals surface area contributed by atoms with Crippen LogP contribution >= 0.6 is 0 Å². The van der Waals surface area contributed by atoms with Crippen molar-refractivity contribution in [3.63, 3.8) is 0 Å². The van der Waals surface area contributed by atoms with Crippen molar-refractivity contribution in [1.82, 2.24) is 14.9 Å². The SMILES string of the molecule is COC(=O)N[C@H](C(=O)Nc1ccc(F)c(F)c1CC[C@H]1CN[C@@H]2CCCS(=O)(=O)N1C2)[C@@H](c1ccc(F)cc1)C1C[C@@H](C)O[C@@H](C)C1. The molecule has 0 aromatic heterocycles. The number of benzene rings is 2. The zero-order chi connectivity index (χ0) is 33.9. The van der Waals surface area contributed by atoms with Crippen LogP contribution < -0.4 is 16.0 Å². The molecule has 2 aromatic carbocycles. The van der Waals surface area contributed by atoms with Crippen molar-refractivity contribution < 1.29 is 40.7 Å². The van der Waals surface area contributed by atoms with Gasteiger partial charge in [0.15, 0.2) is 11.6 Å². The number of alkyl carbamates (subject to hydrolysis) is 1. The summed E-state index contributed by atoms with van der Waals surface area (Å²) >= 11 is 0. The average Bonchev–Trinajstić information content (AvgIpc) is 3.14. The summed E-state index contributed by atoms with van der Waals surface area (Å²) in [7, 11) is -2.34. The number of anilines is 1. The van der Waals surface area contributed by atoms with E-state index in [1.807, 2.05) is 13.8 Å². The molecule has 2 bridgehead atoms. The van der Waals surface area contributed by atoms with Crippen LogP contribution in [-0.4, -0.2) is 81.0 Å². The monoisotopic (exact) mass is 680 g/mol. The first-order valence-electron chi connectivity index (χ1n) is 16.1. The molecule has 47 heavy (non-hydrogen) atoms. The van der Waals surface area contributed by atoms with Crippen molar-refractivity contribution in [2.45, 2.75) is 88.6 Å². The third kappa shape index (κ3) is 8.27. The summed E-state index contributed by atoms with van der Waals surface area (Å²) in [5.41, 5.74) is 0.482. The highest BCUT2D eigenvalue weighted by molar-refractivity contribution is 7.89. The number of carbonyl (C=O) groups is 2. The maximum atomic E-state index is 15.4. The van der Waals surface area contributed by atoms with Gasteiger partial charge in [-0.2, -0.15) is 4.31 Å². The minimum absolute atomic E-state index is 0.00231. The second-order valence-corrected chi connectivity index (χ2v) is 14.9. The molecule has 14 heteroatoms. The van der Waals surface area contributed by atoms with Gasteiger partial charge in [0, 0.05) is 42.3 Å². The molecule has 0 aliphatic carbocycles. The van der Waals surface area contributed by atoms with Gasteiger partial charge in [-0.05, 0) is 88.1 Å². The van der Waals surface area contributed by atoms with Crippen molar-refractivity contribution in [2.24, 2.45) is 5.92 Å². The zero-order valence-electron chi connectivity index (χ0n) is 26.8. The number of nitrogens with one attached hydrogen (secondary N) is 3. The number of fused-ring (bicyclic) bond motifs is 2. The summed E-state index contributed by atoms with van der Waals surface area (Å²) < 4.78 is 82.2. The Morgan fingerprint density at radius 1 is 1.09 bits per heavy atom. The zero-order valence-corrected chi connectivity index (χ0v) is 27.6. The van der Waals surface area contributed by atoms with E-state index in [-0.39, 0.29) is 54.0 Å². The molecule has 3 heterocycles. The number of nitrogens with zero attached hydrogens (tertiary/aromatic N) is 1. The van der Waals surface area contributed by atoms with Crippen LogP contribution in [0.5, 0.6) is 0 Å². The molecular weight excluding hydrogens is 637 g/mol. The Morgan fingerprint density at radius 3 is 2.47 bits per heavy atom. The average molecular weight is 681 g/mol.